The summed E-state index contributed by atoms with van der Waals surface area (Å²) in [6, 6.07) is 10.9. The summed E-state index contributed by atoms with van der Waals surface area (Å²) in [5.74, 6) is 0. The molecule has 2 unspecified atom stereocenters. The van der Waals surface area contributed by atoms with Crippen molar-refractivity contribution in [3.05, 3.63) is 35.9 Å². The van der Waals surface area contributed by atoms with Crippen LogP contribution in [0, 0.1) is 10.8 Å². The summed E-state index contributed by atoms with van der Waals surface area (Å²) >= 11 is 0. The molecule has 1 aromatic rings. The highest BCUT2D eigenvalue weighted by atomic mass is 16.3. The quantitative estimate of drug-likeness (QED) is 0.819. The molecule has 0 heterocycles. The first-order chi connectivity index (χ1) is 8.82. The summed E-state index contributed by atoms with van der Waals surface area (Å²) in [4.78, 5) is 0. The molecule has 0 saturated heterocycles. The van der Waals surface area contributed by atoms with E-state index in [0.29, 0.717) is 6.04 Å². The summed E-state index contributed by atoms with van der Waals surface area (Å²) in [6.07, 6.45) is 0.974. The first kappa shape index (κ1) is 16.2. The minimum atomic E-state index is -0.0434. The van der Waals surface area contributed by atoms with E-state index < -0.39 is 0 Å². The molecular weight excluding hydrogens is 234 g/mol. The molecule has 2 nitrogen and oxygen atoms in total. The number of aliphatic hydroxyl groups is 1. The molecule has 0 aliphatic carbocycles. The molecule has 0 saturated carbocycles. The van der Waals surface area contributed by atoms with Crippen molar-refractivity contribution in [1.82, 2.24) is 5.32 Å². The predicted octanol–water partition coefficient (Wildman–Crippen LogP) is 3.77. The molecule has 2 N–H and O–H groups in total. The average Bonchev–Trinajstić information content (AvgIpc) is 2.38. The first-order valence-corrected chi connectivity index (χ1v) is 7.21. The van der Waals surface area contributed by atoms with Gasteiger partial charge in [0.2, 0.25) is 0 Å². The van der Waals surface area contributed by atoms with Gasteiger partial charge in [0.15, 0.2) is 0 Å². The van der Waals surface area contributed by atoms with Crippen LogP contribution in [0.5, 0.6) is 0 Å². The Morgan fingerprint density at radius 2 is 1.68 bits per heavy atom. The summed E-state index contributed by atoms with van der Waals surface area (Å²) in [6.45, 7) is 12.1. The van der Waals surface area contributed by atoms with Gasteiger partial charge in [-0.3, -0.25) is 0 Å². The third kappa shape index (κ3) is 4.63. The van der Waals surface area contributed by atoms with E-state index >= 15 is 0 Å². The van der Waals surface area contributed by atoms with E-state index in [-0.39, 0.29) is 17.4 Å². The van der Waals surface area contributed by atoms with Crippen molar-refractivity contribution in [1.29, 1.82) is 0 Å². The highest BCUT2D eigenvalue weighted by Gasteiger charge is 2.29. The van der Waals surface area contributed by atoms with Gasteiger partial charge in [-0.2, -0.15) is 0 Å². The number of hydrogen-bond acceptors (Lipinski definition) is 2. The number of aliphatic hydroxyl groups excluding tert-OH is 1. The number of hydrogen-bond donors (Lipinski definition) is 2. The summed E-state index contributed by atoms with van der Waals surface area (Å²) < 4.78 is 0. The molecule has 2 atom stereocenters. The molecule has 0 fully saturated rings. The highest BCUT2D eigenvalue weighted by Crippen LogP contribution is 2.33. The van der Waals surface area contributed by atoms with Crippen LogP contribution in [0.1, 0.15) is 52.6 Å². The molecule has 0 amide bonds. The van der Waals surface area contributed by atoms with Crippen molar-refractivity contribution in [2.75, 3.05) is 13.2 Å². The lowest BCUT2D eigenvalue weighted by molar-refractivity contribution is 0.122. The van der Waals surface area contributed by atoms with Gasteiger partial charge >= 0.3 is 0 Å². The number of rotatable bonds is 6. The Hall–Kier alpha value is -0.860. The van der Waals surface area contributed by atoms with Crippen LogP contribution in [0.4, 0.5) is 0 Å². The van der Waals surface area contributed by atoms with Crippen LogP contribution in [-0.2, 0) is 0 Å². The van der Waals surface area contributed by atoms with E-state index in [0.717, 1.165) is 13.0 Å². The zero-order valence-electron chi connectivity index (χ0n) is 13.0. The zero-order chi connectivity index (χ0) is 14.5. The van der Waals surface area contributed by atoms with Crippen LogP contribution in [0.3, 0.4) is 0 Å². The predicted molar refractivity (Wildman–Crippen MR) is 82.1 cm³/mol. The fourth-order valence-electron chi connectivity index (χ4n) is 2.21. The van der Waals surface area contributed by atoms with Gasteiger partial charge in [0.05, 0.1) is 0 Å². The summed E-state index contributed by atoms with van der Waals surface area (Å²) in [7, 11) is 0. The van der Waals surface area contributed by atoms with Crippen molar-refractivity contribution in [2.24, 2.45) is 10.8 Å². The van der Waals surface area contributed by atoms with Crippen LogP contribution in [0.25, 0.3) is 0 Å². The van der Waals surface area contributed by atoms with E-state index in [9.17, 15) is 5.11 Å². The van der Waals surface area contributed by atoms with Gasteiger partial charge in [-0.1, -0.05) is 65.0 Å². The van der Waals surface area contributed by atoms with Gasteiger partial charge in [0.1, 0.15) is 0 Å². The molecule has 1 aromatic carbocycles. The molecule has 0 bridgehead atoms. The normalized spacial score (nSPS) is 16.9. The lowest BCUT2D eigenvalue weighted by Gasteiger charge is -2.36. The second-order valence-corrected chi connectivity index (χ2v) is 6.91. The second kappa shape index (κ2) is 6.53. The van der Waals surface area contributed by atoms with E-state index in [1.54, 1.807) is 0 Å². The van der Waals surface area contributed by atoms with Crippen LogP contribution in [0.15, 0.2) is 30.3 Å². The van der Waals surface area contributed by atoms with Crippen LogP contribution < -0.4 is 5.32 Å². The SMILES string of the molecule is CCC(C)(CO)CNC(c1ccccc1)C(C)(C)C. The maximum Gasteiger partial charge on any atom is 0.0496 e. The minimum Gasteiger partial charge on any atom is -0.396 e. The van der Waals surface area contributed by atoms with Crippen LogP contribution in [0.2, 0.25) is 0 Å². The van der Waals surface area contributed by atoms with Crippen molar-refractivity contribution < 1.29 is 5.11 Å². The van der Waals surface area contributed by atoms with Crippen molar-refractivity contribution >= 4 is 0 Å². The molecule has 19 heavy (non-hydrogen) atoms. The van der Waals surface area contributed by atoms with E-state index in [1.165, 1.54) is 5.56 Å². The maximum absolute atomic E-state index is 9.53. The lowest BCUT2D eigenvalue weighted by atomic mass is 9.81. The van der Waals surface area contributed by atoms with E-state index in [1.807, 2.05) is 6.07 Å². The Balaban J connectivity index is 2.84. The monoisotopic (exact) mass is 263 g/mol. The zero-order valence-corrected chi connectivity index (χ0v) is 13.0. The molecule has 0 spiro atoms. The molecule has 1 rings (SSSR count). The van der Waals surface area contributed by atoms with E-state index in [4.69, 9.17) is 0 Å². The maximum atomic E-state index is 9.53. The Kier molecular flexibility index (Phi) is 5.57. The Labute approximate surface area is 118 Å². The second-order valence-electron chi connectivity index (χ2n) is 6.91. The van der Waals surface area contributed by atoms with Crippen molar-refractivity contribution in [3.63, 3.8) is 0 Å². The largest absolute Gasteiger partial charge is 0.396 e. The molecule has 0 aliphatic heterocycles. The van der Waals surface area contributed by atoms with Gasteiger partial charge in [-0.15, -0.1) is 0 Å². The van der Waals surface area contributed by atoms with Gasteiger partial charge < -0.3 is 10.4 Å². The highest BCUT2D eigenvalue weighted by molar-refractivity contribution is 5.20. The molecular formula is C17H29NO. The molecule has 0 aliphatic rings. The molecule has 0 radical (unpaired) electrons. The molecule has 2 heteroatoms. The topological polar surface area (TPSA) is 32.3 Å². The van der Waals surface area contributed by atoms with Crippen molar-refractivity contribution in [3.8, 4) is 0 Å². The first-order valence-electron chi connectivity index (χ1n) is 7.21. The Bertz CT molecular complexity index is 363. The fourth-order valence-corrected chi connectivity index (χ4v) is 2.21. The Morgan fingerprint density at radius 1 is 1.11 bits per heavy atom. The van der Waals surface area contributed by atoms with Gasteiger partial charge in [0, 0.05) is 24.6 Å². The number of nitrogens with one attached hydrogen (secondary N) is 1. The van der Waals surface area contributed by atoms with Gasteiger partial charge in [0.25, 0.3) is 0 Å². The number of benzene rings is 1. The van der Waals surface area contributed by atoms with Crippen molar-refractivity contribution in [2.45, 2.75) is 47.1 Å². The summed E-state index contributed by atoms with van der Waals surface area (Å²) in [5, 5.41) is 13.2. The average molecular weight is 263 g/mol. The standard InChI is InChI=1S/C17H29NO/c1-6-17(5,13-19)12-18-15(16(2,3)4)14-10-8-7-9-11-14/h7-11,15,18-19H,6,12-13H2,1-5H3. The third-order valence-electron chi connectivity index (χ3n) is 3.97. The van der Waals surface area contributed by atoms with Gasteiger partial charge in [-0.25, -0.2) is 0 Å². The van der Waals surface area contributed by atoms with Gasteiger partial charge in [-0.05, 0) is 17.4 Å². The van der Waals surface area contributed by atoms with Crippen LogP contribution >= 0.6 is 0 Å². The third-order valence-corrected chi connectivity index (χ3v) is 3.97. The smallest absolute Gasteiger partial charge is 0.0496 e. The molecule has 108 valence electrons. The Morgan fingerprint density at radius 3 is 2.11 bits per heavy atom. The molecule has 0 aromatic heterocycles. The fraction of sp³-hybridized carbons (Fsp3) is 0.647. The van der Waals surface area contributed by atoms with Crippen LogP contribution in [-0.4, -0.2) is 18.3 Å². The van der Waals surface area contributed by atoms with E-state index in [2.05, 4.69) is 64.2 Å². The lowest BCUT2D eigenvalue weighted by Crippen LogP contribution is -2.40. The summed E-state index contributed by atoms with van der Waals surface area (Å²) in [5.41, 5.74) is 1.41. The minimum absolute atomic E-state index is 0.0434.